The summed E-state index contributed by atoms with van der Waals surface area (Å²) in [4.78, 5) is 0. The smallest absolute Gasteiger partial charge is 0.214 e. The van der Waals surface area contributed by atoms with Crippen LogP contribution in [-0.4, -0.2) is 35.2 Å². The molecule has 1 saturated carbocycles. The monoisotopic (exact) mass is 380 g/mol. The first-order valence-corrected chi connectivity index (χ1v) is 11.2. The topological polar surface area (TPSA) is 92.3 Å². The first-order valence-electron chi connectivity index (χ1n) is 7.48. The summed E-state index contributed by atoms with van der Waals surface area (Å²) in [5.74, 6) is -0.548. The number of nitrogens with one attached hydrogen (secondary N) is 2. The van der Waals surface area contributed by atoms with E-state index in [0.717, 1.165) is 25.7 Å². The van der Waals surface area contributed by atoms with Crippen LogP contribution in [0.25, 0.3) is 0 Å². The van der Waals surface area contributed by atoms with Crippen molar-refractivity contribution in [3.63, 3.8) is 0 Å². The van der Waals surface area contributed by atoms with Crippen molar-refractivity contribution in [3.8, 4) is 0 Å². The van der Waals surface area contributed by atoms with Gasteiger partial charge in [0, 0.05) is 17.6 Å². The van der Waals surface area contributed by atoms with Crippen molar-refractivity contribution in [2.24, 2.45) is 0 Å². The average molecular weight is 381 g/mol. The van der Waals surface area contributed by atoms with Gasteiger partial charge < -0.3 is 0 Å². The number of benzene rings is 1. The van der Waals surface area contributed by atoms with Crippen molar-refractivity contribution in [1.82, 2.24) is 9.44 Å². The van der Waals surface area contributed by atoms with Crippen LogP contribution in [-0.2, 0) is 25.8 Å². The molecule has 0 aromatic heterocycles. The lowest BCUT2D eigenvalue weighted by atomic mass is 10.2. The lowest BCUT2D eigenvalue weighted by molar-refractivity contribution is 0.550. The molecule has 0 amide bonds. The molecule has 0 unspecified atom stereocenters. The first kappa shape index (κ1) is 18.7. The molecule has 2 N–H and O–H groups in total. The molecule has 2 rings (SSSR count). The fourth-order valence-corrected chi connectivity index (χ4v) is 5.38. The van der Waals surface area contributed by atoms with Gasteiger partial charge in [0.15, 0.2) is 0 Å². The molecule has 1 aliphatic rings. The van der Waals surface area contributed by atoms with Crippen LogP contribution in [0.1, 0.15) is 31.2 Å². The maximum Gasteiger partial charge on any atom is 0.215 e. The largest absolute Gasteiger partial charge is 0.215 e. The van der Waals surface area contributed by atoms with Gasteiger partial charge in [-0.05, 0) is 24.5 Å². The number of rotatable bonds is 8. The molecule has 0 bridgehead atoms. The summed E-state index contributed by atoms with van der Waals surface area (Å²) in [7, 11) is -7.10. The van der Waals surface area contributed by atoms with Crippen LogP contribution in [0.15, 0.2) is 24.3 Å². The average Bonchev–Trinajstić information content (AvgIpc) is 2.92. The third-order valence-corrected chi connectivity index (χ3v) is 6.84. The summed E-state index contributed by atoms with van der Waals surface area (Å²) in [5, 5.41) is 0.369. The van der Waals surface area contributed by atoms with Crippen molar-refractivity contribution < 1.29 is 16.8 Å². The van der Waals surface area contributed by atoms with E-state index in [4.69, 9.17) is 11.6 Å². The zero-order valence-electron chi connectivity index (χ0n) is 12.7. The Hall–Kier alpha value is -0.670. The van der Waals surface area contributed by atoms with E-state index < -0.39 is 20.0 Å². The number of halogens is 1. The molecule has 0 aliphatic heterocycles. The highest BCUT2D eigenvalue weighted by molar-refractivity contribution is 7.90. The molecule has 0 radical (unpaired) electrons. The third-order valence-electron chi connectivity index (χ3n) is 3.70. The Morgan fingerprint density at radius 2 is 1.70 bits per heavy atom. The molecular weight excluding hydrogens is 360 g/mol. The van der Waals surface area contributed by atoms with Crippen molar-refractivity contribution >= 4 is 31.6 Å². The molecule has 0 spiro atoms. The van der Waals surface area contributed by atoms with Gasteiger partial charge in [-0.2, -0.15) is 0 Å². The van der Waals surface area contributed by atoms with Crippen LogP contribution in [0.5, 0.6) is 0 Å². The lowest BCUT2D eigenvalue weighted by Crippen LogP contribution is -2.38. The van der Waals surface area contributed by atoms with Crippen LogP contribution >= 0.6 is 11.6 Å². The van der Waals surface area contributed by atoms with Crippen molar-refractivity contribution in [2.75, 3.05) is 12.3 Å². The molecule has 1 aromatic rings. The molecule has 9 heteroatoms. The highest BCUT2D eigenvalue weighted by Gasteiger charge is 2.22. The van der Waals surface area contributed by atoms with Crippen LogP contribution in [0.3, 0.4) is 0 Å². The summed E-state index contributed by atoms with van der Waals surface area (Å²) in [5.41, 5.74) is 0.480. The first-order chi connectivity index (χ1) is 10.8. The van der Waals surface area contributed by atoms with Crippen LogP contribution in [0.4, 0.5) is 0 Å². The van der Waals surface area contributed by atoms with Crippen LogP contribution in [0.2, 0.25) is 5.02 Å². The normalized spacial score (nSPS) is 16.7. The van der Waals surface area contributed by atoms with Crippen molar-refractivity contribution in [3.05, 3.63) is 34.9 Å². The minimum absolute atomic E-state index is 0.0141. The quantitative estimate of drug-likeness (QED) is 0.716. The Morgan fingerprint density at radius 3 is 2.35 bits per heavy atom. The highest BCUT2D eigenvalue weighted by Crippen LogP contribution is 2.18. The standard InChI is InChI=1S/C14H21ClN2O4S2/c15-14-8-4-1-5-12(14)11-23(20,21)16-9-10-22(18,19)17-13-6-2-3-7-13/h1,4-5,8,13,16-17H,2-3,6-7,9-11H2. The summed E-state index contributed by atoms with van der Waals surface area (Å²) in [6.45, 7) is -0.158. The van der Waals surface area contributed by atoms with Gasteiger partial charge in [-0.25, -0.2) is 26.3 Å². The van der Waals surface area contributed by atoms with Crippen molar-refractivity contribution in [1.29, 1.82) is 0 Å². The second kappa shape index (κ2) is 7.94. The zero-order valence-corrected chi connectivity index (χ0v) is 15.1. The second-order valence-corrected chi connectivity index (χ2v) is 9.75. The number of hydrogen-bond donors (Lipinski definition) is 2. The molecule has 130 valence electrons. The Morgan fingerprint density at radius 1 is 1.04 bits per heavy atom. The second-order valence-electron chi connectivity index (χ2n) is 5.66. The van der Waals surface area contributed by atoms with Gasteiger partial charge in [0.2, 0.25) is 20.0 Å². The predicted octanol–water partition coefficient (Wildman–Crippen LogP) is 1.62. The predicted molar refractivity (Wildman–Crippen MR) is 91.3 cm³/mol. The van der Waals surface area contributed by atoms with E-state index in [1.54, 1.807) is 24.3 Å². The maximum absolute atomic E-state index is 12.0. The Kier molecular flexibility index (Phi) is 6.44. The number of sulfonamides is 2. The van der Waals surface area contributed by atoms with E-state index >= 15 is 0 Å². The maximum atomic E-state index is 12.0. The van der Waals surface area contributed by atoms with Gasteiger partial charge in [0.1, 0.15) is 0 Å². The lowest BCUT2D eigenvalue weighted by Gasteiger charge is -2.13. The molecule has 1 aliphatic carbocycles. The third kappa shape index (κ3) is 6.39. The van der Waals surface area contributed by atoms with Gasteiger partial charge in [0.05, 0.1) is 11.5 Å². The summed E-state index contributed by atoms with van der Waals surface area (Å²) < 4.78 is 52.8. The van der Waals surface area contributed by atoms with Gasteiger partial charge in [-0.1, -0.05) is 42.6 Å². The fourth-order valence-electron chi connectivity index (χ4n) is 2.56. The fraction of sp³-hybridized carbons (Fsp3) is 0.571. The molecule has 0 saturated heterocycles. The van der Waals surface area contributed by atoms with Gasteiger partial charge in [0.25, 0.3) is 0 Å². The van der Waals surface area contributed by atoms with Gasteiger partial charge in [-0.3, -0.25) is 0 Å². The highest BCUT2D eigenvalue weighted by atomic mass is 35.5. The van der Waals surface area contributed by atoms with E-state index in [-0.39, 0.29) is 24.1 Å². The van der Waals surface area contributed by atoms with Gasteiger partial charge >= 0.3 is 0 Å². The SMILES string of the molecule is O=S(=O)(Cc1ccccc1Cl)NCCS(=O)(=O)NC1CCCC1. The number of hydrogen-bond acceptors (Lipinski definition) is 4. The van der Waals surface area contributed by atoms with Crippen molar-refractivity contribution in [2.45, 2.75) is 37.5 Å². The Balaban J connectivity index is 1.83. The molecule has 0 heterocycles. The summed E-state index contributed by atoms with van der Waals surface area (Å²) in [6.07, 6.45) is 3.74. The molecule has 23 heavy (non-hydrogen) atoms. The summed E-state index contributed by atoms with van der Waals surface area (Å²) >= 11 is 5.93. The van der Waals surface area contributed by atoms with E-state index in [1.165, 1.54) is 0 Å². The molecule has 1 fully saturated rings. The molecule has 6 nitrogen and oxygen atoms in total. The minimum atomic E-state index is -3.63. The van der Waals surface area contributed by atoms with Gasteiger partial charge in [-0.15, -0.1) is 0 Å². The summed E-state index contributed by atoms with van der Waals surface area (Å²) in [6, 6.07) is 6.64. The minimum Gasteiger partial charge on any atom is -0.214 e. The van der Waals surface area contributed by atoms with E-state index in [9.17, 15) is 16.8 Å². The van der Waals surface area contributed by atoms with E-state index in [0.29, 0.717) is 10.6 Å². The Labute approximate surface area is 142 Å². The molecule has 1 aromatic carbocycles. The zero-order chi connectivity index (χ0) is 16.9. The van der Waals surface area contributed by atoms with Crippen LogP contribution in [0, 0.1) is 0 Å². The van der Waals surface area contributed by atoms with Crippen LogP contribution < -0.4 is 9.44 Å². The molecule has 0 atom stereocenters. The van der Waals surface area contributed by atoms with E-state index in [2.05, 4.69) is 9.44 Å². The Bertz CT molecular complexity index is 729. The van der Waals surface area contributed by atoms with E-state index in [1.807, 2.05) is 0 Å². The molecular formula is C14H21ClN2O4S2.